The van der Waals surface area contributed by atoms with Gasteiger partial charge in [-0.1, -0.05) is 0 Å². The largest absolute Gasteiger partial charge is 0.193 e. The van der Waals surface area contributed by atoms with Crippen molar-refractivity contribution in [1.29, 1.82) is 5.26 Å². The quantitative estimate of drug-likeness (QED) is 0.578. The van der Waals surface area contributed by atoms with E-state index in [1.165, 1.54) is 0 Å². The van der Waals surface area contributed by atoms with Gasteiger partial charge in [0.05, 0.1) is 10.3 Å². The van der Waals surface area contributed by atoms with E-state index in [1.807, 2.05) is 19.4 Å². The van der Waals surface area contributed by atoms with Gasteiger partial charge in [-0.05, 0) is 19.4 Å². The van der Waals surface area contributed by atoms with Crippen LogP contribution in [-0.4, -0.2) is 12.5 Å². The van der Waals surface area contributed by atoms with Crippen LogP contribution in [0.25, 0.3) is 0 Å². The van der Waals surface area contributed by atoms with Crippen molar-refractivity contribution >= 4 is 23.5 Å². The minimum atomic E-state index is 0.815. The molecule has 0 fully saturated rings. The molecule has 0 saturated heterocycles. The smallest absolute Gasteiger partial charge is 0.0961 e. The van der Waals surface area contributed by atoms with Crippen molar-refractivity contribution in [3.8, 4) is 6.07 Å². The fourth-order valence-electron chi connectivity index (χ4n) is 0.435. The minimum Gasteiger partial charge on any atom is -0.193 e. The lowest BCUT2D eigenvalue weighted by molar-refractivity contribution is 1.45. The van der Waals surface area contributed by atoms with Crippen molar-refractivity contribution in [3.05, 3.63) is 9.81 Å². The third kappa shape index (κ3) is 2.83. The summed E-state index contributed by atoms with van der Waals surface area (Å²) in [5, 5.41) is 8.43. The molecule has 0 unspecified atom stereocenters. The van der Waals surface area contributed by atoms with Gasteiger partial charge < -0.3 is 0 Å². The van der Waals surface area contributed by atoms with Gasteiger partial charge in [-0.15, -0.1) is 23.5 Å². The Balaban J connectivity index is 4.23. The molecule has 1 nitrogen and oxygen atoms in total. The van der Waals surface area contributed by atoms with Crippen molar-refractivity contribution in [3.63, 3.8) is 0 Å². The Kier molecular flexibility index (Phi) is 4.74. The van der Waals surface area contributed by atoms with Crippen LogP contribution in [0.5, 0.6) is 0 Å². The Labute approximate surface area is 64.5 Å². The van der Waals surface area contributed by atoms with Crippen molar-refractivity contribution in [2.75, 3.05) is 12.5 Å². The summed E-state index contributed by atoms with van der Waals surface area (Å²) >= 11 is 3.25. The molecule has 0 radical (unpaired) electrons. The zero-order chi connectivity index (χ0) is 7.28. The molecule has 0 saturated carbocycles. The van der Waals surface area contributed by atoms with Gasteiger partial charge in [0.2, 0.25) is 0 Å². The fraction of sp³-hybridized carbons (Fsp3) is 0.500. The molecule has 0 N–H and O–H groups in total. The molecule has 50 valence electrons. The first-order valence-electron chi connectivity index (χ1n) is 2.45. The Morgan fingerprint density at radius 1 is 1.33 bits per heavy atom. The van der Waals surface area contributed by atoms with E-state index in [1.54, 1.807) is 23.5 Å². The van der Waals surface area contributed by atoms with E-state index in [9.17, 15) is 0 Å². The normalized spacial score (nSPS) is 8.22. The summed E-state index contributed by atoms with van der Waals surface area (Å²) in [6.45, 7) is 1.84. The minimum absolute atomic E-state index is 0.815. The maximum Gasteiger partial charge on any atom is 0.0961 e. The molecule has 0 heterocycles. The third-order valence-corrected chi connectivity index (χ3v) is 3.20. The maximum atomic E-state index is 8.43. The molecule has 0 rings (SSSR count). The summed E-state index contributed by atoms with van der Waals surface area (Å²) < 4.78 is 1.11. The molecular formula is C6H9NS2. The molecule has 0 aliphatic heterocycles. The van der Waals surface area contributed by atoms with Gasteiger partial charge in [-0.25, -0.2) is 0 Å². The topological polar surface area (TPSA) is 23.8 Å². The SMILES string of the molecule is CSC(SC)=C(C)C#N. The molecular weight excluding hydrogens is 150 g/mol. The number of nitrogens with zero attached hydrogens (tertiary/aromatic N) is 1. The van der Waals surface area contributed by atoms with Crippen molar-refractivity contribution < 1.29 is 0 Å². The van der Waals surface area contributed by atoms with Crippen LogP contribution < -0.4 is 0 Å². The molecule has 0 aromatic rings. The van der Waals surface area contributed by atoms with Crippen LogP contribution in [0.3, 0.4) is 0 Å². The summed E-state index contributed by atoms with van der Waals surface area (Å²) in [4.78, 5) is 0. The predicted molar refractivity (Wildman–Crippen MR) is 45.3 cm³/mol. The highest BCUT2D eigenvalue weighted by Crippen LogP contribution is 2.26. The summed E-state index contributed by atoms with van der Waals surface area (Å²) in [5.41, 5.74) is 0.815. The second-order valence-electron chi connectivity index (χ2n) is 1.43. The van der Waals surface area contributed by atoms with Gasteiger partial charge in [-0.3, -0.25) is 0 Å². The third-order valence-electron chi connectivity index (χ3n) is 0.845. The average Bonchev–Trinajstić information content (AvgIpc) is 1.90. The Morgan fingerprint density at radius 2 is 1.78 bits per heavy atom. The fourth-order valence-corrected chi connectivity index (χ4v) is 1.81. The van der Waals surface area contributed by atoms with Crippen LogP contribution in [-0.2, 0) is 0 Å². The molecule has 0 amide bonds. The Bertz CT molecular complexity index is 149. The van der Waals surface area contributed by atoms with Crippen molar-refractivity contribution in [1.82, 2.24) is 0 Å². The van der Waals surface area contributed by atoms with Gasteiger partial charge in [-0.2, -0.15) is 5.26 Å². The molecule has 9 heavy (non-hydrogen) atoms. The van der Waals surface area contributed by atoms with E-state index in [0.717, 1.165) is 9.81 Å². The van der Waals surface area contributed by atoms with Crippen LogP contribution in [0.4, 0.5) is 0 Å². The number of thioether (sulfide) groups is 2. The van der Waals surface area contributed by atoms with E-state index in [0.29, 0.717) is 0 Å². The van der Waals surface area contributed by atoms with Crippen LogP contribution in [0.2, 0.25) is 0 Å². The van der Waals surface area contributed by atoms with E-state index in [4.69, 9.17) is 5.26 Å². The highest BCUT2D eigenvalue weighted by atomic mass is 32.2. The van der Waals surface area contributed by atoms with Crippen molar-refractivity contribution in [2.24, 2.45) is 0 Å². The van der Waals surface area contributed by atoms with Crippen LogP contribution in [0.15, 0.2) is 9.81 Å². The van der Waals surface area contributed by atoms with Gasteiger partial charge in [0, 0.05) is 5.57 Å². The molecule has 0 atom stereocenters. The highest BCUT2D eigenvalue weighted by Gasteiger charge is 1.95. The van der Waals surface area contributed by atoms with Gasteiger partial charge >= 0.3 is 0 Å². The zero-order valence-electron chi connectivity index (χ0n) is 5.76. The lowest BCUT2D eigenvalue weighted by atomic mass is 10.4. The Morgan fingerprint density at radius 3 is 1.89 bits per heavy atom. The molecule has 0 aliphatic carbocycles. The molecule has 3 heteroatoms. The zero-order valence-corrected chi connectivity index (χ0v) is 7.40. The van der Waals surface area contributed by atoms with E-state index >= 15 is 0 Å². The van der Waals surface area contributed by atoms with Gasteiger partial charge in [0.25, 0.3) is 0 Å². The number of hydrogen-bond acceptors (Lipinski definition) is 3. The molecule has 0 spiro atoms. The molecule has 0 aliphatic rings. The first kappa shape index (κ1) is 8.93. The summed E-state index contributed by atoms with van der Waals surface area (Å²) in [5.74, 6) is 0. The van der Waals surface area contributed by atoms with Crippen molar-refractivity contribution in [2.45, 2.75) is 6.92 Å². The Hall–Kier alpha value is -0.0700. The standard InChI is InChI=1S/C6H9NS2/c1-5(4-7)6(8-2)9-3/h1-3H3. The highest BCUT2D eigenvalue weighted by molar-refractivity contribution is 8.21. The lowest BCUT2D eigenvalue weighted by Crippen LogP contribution is -1.73. The second-order valence-corrected chi connectivity index (χ2v) is 3.32. The van der Waals surface area contributed by atoms with Crippen LogP contribution >= 0.6 is 23.5 Å². The maximum absolute atomic E-state index is 8.43. The number of hydrogen-bond donors (Lipinski definition) is 0. The number of allylic oxidation sites excluding steroid dienone is 1. The monoisotopic (exact) mass is 159 g/mol. The molecule has 0 aromatic carbocycles. The number of nitriles is 1. The second kappa shape index (κ2) is 4.78. The van der Waals surface area contributed by atoms with E-state index in [2.05, 4.69) is 6.07 Å². The summed E-state index contributed by atoms with van der Waals surface area (Å²) in [6, 6.07) is 2.10. The summed E-state index contributed by atoms with van der Waals surface area (Å²) in [7, 11) is 0. The molecule has 0 aromatic heterocycles. The predicted octanol–water partition coefficient (Wildman–Crippen LogP) is 2.47. The van der Waals surface area contributed by atoms with Crippen LogP contribution in [0, 0.1) is 11.3 Å². The first-order chi connectivity index (χ1) is 4.26. The first-order valence-corrected chi connectivity index (χ1v) is 4.90. The average molecular weight is 159 g/mol. The van der Waals surface area contributed by atoms with E-state index in [-0.39, 0.29) is 0 Å². The molecule has 0 bridgehead atoms. The van der Waals surface area contributed by atoms with Gasteiger partial charge in [0.15, 0.2) is 0 Å². The van der Waals surface area contributed by atoms with Crippen LogP contribution in [0.1, 0.15) is 6.92 Å². The number of rotatable bonds is 2. The van der Waals surface area contributed by atoms with Gasteiger partial charge in [0.1, 0.15) is 0 Å². The lowest BCUT2D eigenvalue weighted by Gasteiger charge is -1.97. The summed E-state index contributed by atoms with van der Waals surface area (Å²) in [6.07, 6.45) is 3.96. The van der Waals surface area contributed by atoms with E-state index < -0.39 is 0 Å².